The molecule has 2 aliphatic heterocycles. The van der Waals surface area contributed by atoms with Gasteiger partial charge in [0.25, 0.3) is 0 Å². The second-order valence-corrected chi connectivity index (χ2v) is 7.66. The molecule has 2 saturated heterocycles. The van der Waals surface area contributed by atoms with E-state index in [2.05, 4.69) is 34.3 Å². The highest BCUT2D eigenvalue weighted by atomic mass is 16.5. The van der Waals surface area contributed by atoms with Gasteiger partial charge in [0.15, 0.2) is 0 Å². The first-order chi connectivity index (χ1) is 13.5. The number of hydrogen-bond donors (Lipinski definition) is 1. The summed E-state index contributed by atoms with van der Waals surface area (Å²) in [6, 6.07) is 8.15. The molecule has 154 valence electrons. The predicted molar refractivity (Wildman–Crippen MR) is 111 cm³/mol. The fraction of sp³-hybridized carbons (Fsp3) is 0.619. The zero-order valence-electron chi connectivity index (χ0n) is 17.0. The van der Waals surface area contributed by atoms with Gasteiger partial charge in [-0.25, -0.2) is 0 Å². The lowest BCUT2D eigenvalue weighted by Crippen LogP contribution is -2.44. The average molecular weight is 389 g/mol. The summed E-state index contributed by atoms with van der Waals surface area (Å²) >= 11 is 0. The number of ether oxygens (including phenoxy) is 1. The topological polar surface area (TPSA) is 65.1 Å². The largest absolute Gasteiger partial charge is 0.381 e. The quantitative estimate of drug-likeness (QED) is 0.797. The van der Waals surface area contributed by atoms with Crippen LogP contribution >= 0.6 is 0 Å². The summed E-state index contributed by atoms with van der Waals surface area (Å²) in [7, 11) is 2.14. The van der Waals surface area contributed by atoms with Crippen LogP contribution < -0.4 is 15.1 Å². The molecular formula is C21H32N4O3. The highest BCUT2D eigenvalue weighted by Gasteiger charge is 2.21. The number of hydrogen-bond acceptors (Lipinski definition) is 5. The van der Waals surface area contributed by atoms with E-state index in [1.165, 1.54) is 5.69 Å². The van der Waals surface area contributed by atoms with Crippen LogP contribution in [0.15, 0.2) is 24.3 Å². The van der Waals surface area contributed by atoms with Crippen molar-refractivity contribution in [1.82, 2.24) is 10.2 Å². The average Bonchev–Trinajstić information content (AvgIpc) is 2.72. The summed E-state index contributed by atoms with van der Waals surface area (Å²) < 4.78 is 5.30. The van der Waals surface area contributed by atoms with Gasteiger partial charge in [-0.3, -0.25) is 9.59 Å². The van der Waals surface area contributed by atoms with Crippen molar-refractivity contribution in [3.8, 4) is 0 Å². The van der Waals surface area contributed by atoms with E-state index in [4.69, 9.17) is 4.74 Å². The monoisotopic (exact) mass is 388 g/mol. The third-order valence-corrected chi connectivity index (χ3v) is 5.64. The van der Waals surface area contributed by atoms with Crippen LogP contribution in [0.1, 0.15) is 19.8 Å². The Labute approximate surface area is 167 Å². The van der Waals surface area contributed by atoms with Crippen molar-refractivity contribution in [1.29, 1.82) is 0 Å². The summed E-state index contributed by atoms with van der Waals surface area (Å²) in [4.78, 5) is 30.8. The van der Waals surface area contributed by atoms with Gasteiger partial charge in [-0.1, -0.05) is 0 Å². The molecule has 0 radical (unpaired) electrons. The highest BCUT2D eigenvalue weighted by Crippen LogP contribution is 2.22. The summed E-state index contributed by atoms with van der Waals surface area (Å²) in [6.45, 7) is 7.95. The van der Waals surface area contributed by atoms with Crippen LogP contribution in [0.3, 0.4) is 0 Å². The van der Waals surface area contributed by atoms with Crippen LogP contribution in [0.25, 0.3) is 0 Å². The van der Waals surface area contributed by atoms with Crippen molar-refractivity contribution < 1.29 is 14.3 Å². The van der Waals surface area contributed by atoms with E-state index in [9.17, 15) is 9.59 Å². The molecule has 2 heterocycles. The Balaban J connectivity index is 1.53. The Hall–Kier alpha value is -2.12. The molecule has 0 spiro atoms. The van der Waals surface area contributed by atoms with E-state index in [-0.39, 0.29) is 17.7 Å². The van der Waals surface area contributed by atoms with Gasteiger partial charge in [0.05, 0.1) is 0 Å². The van der Waals surface area contributed by atoms with Gasteiger partial charge in [0.1, 0.15) is 0 Å². The zero-order chi connectivity index (χ0) is 19.9. The number of likely N-dealkylation sites (N-methyl/N-ethyl adjacent to an activating group) is 1. The van der Waals surface area contributed by atoms with E-state index in [1.807, 2.05) is 12.1 Å². The van der Waals surface area contributed by atoms with E-state index >= 15 is 0 Å². The van der Waals surface area contributed by atoms with Gasteiger partial charge in [-0.15, -0.1) is 0 Å². The molecule has 2 amide bonds. The van der Waals surface area contributed by atoms with E-state index in [0.29, 0.717) is 26.3 Å². The number of piperazine rings is 1. The number of nitrogens with zero attached hydrogens (tertiary/aromatic N) is 3. The maximum atomic E-state index is 12.2. The van der Waals surface area contributed by atoms with Crippen LogP contribution in [-0.4, -0.2) is 76.2 Å². The Kier molecular flexibility index (Phi) is 7.28. The number of amides is 2. The van der Waals surface area contributed by atoms with Crippen LogP contribution in [-0.2, 0) is 14.3 Å². The third-order valence-electron chi connectivity index (χ3n) is 5.64. The molecule has 1 aromatic carbocycles. The molecule has 3 rings (SSSR count). The normalized spacial score (nSPS) is 18.7. The van der Waals surface area contributed by atoms with Gasteiger partial charge in [-0.2, -0.15) is 0 Å². The second kappa shape index (κ2) is 9.89. The van der Waals surface area contributed by atoms with Gasteiger partial charge in [0.2, 0.25) is 11.8 Å². The molecule has 1 aromatic rings. The van der Waals surface area contributed by atoms with Crippen molar-refractivity contribution >= 4 is 23.2 Å². The Morgan fingerprint density at radius 2 is 1.75 bits per heavy atom. The van der Waals surface area contributed by atoms with Gasteiger partial charge in [-0.05, 0) is 44.2 Å². The minimum Gasteiger partial charge on any atom is -0.381 e. The minimum atomic E-state index is -0.0207. The lowest BCUT2D eigenvalue weighted by molar-refractivity contribution is -0.127. The SMILES string of the molecule is CC(=O)N(CCNC(=O)C1CCOCC1)c1ccc(N2CCN(C)CC2)cc1. The first-order valence-corrected chi connectivity index (χ1v) is 10.2. The van der Waals surface area contributed by atoms with Crippen molar-refractivity contribution in [3.63, 3.8) is 0 Å². The first-order valence-electron chi connectivity index (χ1n) is 10.2. The summed E-state index contributed by atoms with van der Waals surface area (Å²) in [5, 5.41) is 2.97. The van der Waals surface area contributed by atoms with E-state index < -0.39 is 0 Å². The van der Waals surface area contributed by atoms with Gasteiger partial charge in [0, 0.05) is 76.7 Å². The van der Waals surface area contributed by atoms with Gasteiger partial charge >= 0.3 is 0 Å². The molecule has 1 N–H and O–H groups in total. The minimum absolute atomic E-state index is 0.0207. The summed E-state index contributed by atoms with van der Waals surface area (Å²) in [6.07, 6.45) is 1.55. The Morgan fingerprint density at radius 3 is 2.36 bits per heavy atom. The number of rotatable bonds is 6. The predicted octanol–water partition coefficient (Wildman–Crippen LogP) is 1.33. The number of benzene rings is 1. The Morgan fingerprint density at radius 1 is 1.11 bits per heavy atom. The summed E-state index contributed by atoms with van der Waals surface area (Å²) in [5.41, 5.74) is 2.05. The standard InChI is InChI=1S/C21H32N4O3/c1-17(26)25(10-9-22-21(27)18-7-15-28-16-8-18)20-5-3-19(4-6-20)24-13-11-23(2)12-14-24/h3-6,18H,7-16H2,1-2H3,(H,22,27). The number of carbonyl (C=O) groups excluding carboxylic acids is 2. The molecule has 0 aliphatic carbocycles. The lowest BCUT2D eigenvalue weighted by Gasteiger charge is -2.34. The fourth-order valence-corrected chi connectivity index (χ4v) is 3.77. The van der Waals surface area contributed by atoms with Crippen molar-refractivity contribution in [2.75, 3.05) is 69.3 Å². The van der Waals surface area contributed by atoms with E-state index in [1.54, 1.807) is 11.8 Å². The molecule has 0 aromatic heterocycles. The molecule has 0 saturated carbocycles. The zero-order valence-corrected chi connectivity index (χ0v) is 17.0. The molecule has 7 heteroatoms. The molecule has 28 heavy (non-hydrogen) atoms. The number of nitrogens with one attached hydrogen (secondary N) is 1. The lowest BCUT2D eigenvalue weighted by atomic mass is 9.99. The molecule has 2 fully saturated rings. The number of anilines is 2. The van der Waals surface area contributed by atoms with Crippen LogP contribution in [0.5, 0.6) is 0 Å². The molecular weight excluding hydrogens is 356 g/mol. The third kappa shape index (κ3) is 5.45. The van der Waals surface area contributed by atoms with Gasteiger partial charge < -0.3 is 24.8 Å². The summed E-state index contributed by atoms with van der Waals surface area (Å²) in [5.74, 6) is 0.0762. The van der Waals surface area contributed by atoms with Crippen LogP contribution in [0.2, 0.25) is 0 Å². The fourth-order valence-electron chi connectivity index (χ4n) is 3.77. The smallest absolute Gasteiger partial charge is 0.223 e. The van der Waals surface area contributed by atoms with Crippen LogP contribution in [0.4, 0.5) is 11.4 Å². The van der Waals surface area contributed by atoms with Crippen molar-refractivity contribution in [3.05, 3.63) is 24.3 Å². The maximum absolute atomic E-state index is 12.2. The molecule has 0 atom stereocenters. The van der Waals surface area contributed by atoms with Crippen LogP contribution in [0, 0.1) is 5.92 Å². The van der Waals surface area contributed by atoms with Crippen molar-refractivity contribution in [2.24, 2.45) is 5.92 Å². The van der Waals surface area contributed by atoms with E-state index in [0.717, 1.165) is 44.7 Å². The van der Waals surface area contributed by atoms with Crippen molar-refractivity contribution in [2.45, 2.75) is 19.8 Å². The first kappa shape index (κ1) is 20.6. The maximum Gasteiger partial charge on any atom is 0.223 e. The molecule has 0 bridgehead atoms. The highest BCUT2D eigenvalue weighted by molar-refractivity contribution is 5.91. The molecule has 2 aliphatic rings. The molecule has 0 unspecified atom stereocenters. The molecule has 7 nitrogen and oxygen atoms in total. The number of carbonyl (C=O) groups is 2. The Bertz CT molecular complexity index is 650. The second-order valence-electron chi connectivity index (χ2n) is 7.66.